The smallest absolute Gasteiger partial charge is 0.229 e. The van der Waals surface area contributed by atoms with Gasteiger partial charge in [0.05, 0.1) is 13.0 Å². The molecule has 0 saturated heterocycles. The van der Waals surface area contributed by atoms with E-state index in [0.717, 1.165) is 0 Å². The average molecular weight is 207 g/mol. The molecule has 0 aliphatic rings. The van der Waals surface area contributed by atoms with E-state index in [9.17, 15) is 9.18 Å². The van der Waals surface area contributed by atoms with Crippen LogP contribution in [-0.2, 0) is 11.4 Å². The molecule has 78 valence electrons. The van der Waals surface area contributed by atoms with E-state index in [-0.39, 0.29) is 13.0 Å². The van der Waals surface area contributed by atoms with Crippen molar-refractivity contribution in [3.63, 3.8) is 0 Å². The number of hydrogen-bond donors (Lipinski definition) is 2. The Morgan fingerprint density at radius 1 is 1.53 bits per heavy atom. The van der Waals surface area contributed by atoms with Gasteiger partial charge in [0, 0.05) is 5.56 Å². The van der Waals surface area contributed by atoms with Crippen LogP contribution in [0.1, 0.15) is 17.5 Å². The van der Waals surface area contributed by atoms with Gasteiger partial charge < -0.3 is 10.8 Å². The Bertz CT molecular complexity index is 432. The lowest BCUT2D eigenvalue weighted by molar-refractivity contribution is -0.117. The summed E-state index contributed by atoms with van der Waals surface area (Å²) < 4.78 is 12.8. The molecule has 0 spiro atoms. The molecular formula is C11H10FNO2. The van der Waals surface area contributed by atoms with Gasteiger partial charge in [-0.1, -0.05) is 17.9 Å². The zero-order valence-electron chi connectivity index (χ0n) is 7.96. The number of nitrogens with two attached hydrogens (primary N) is 1. The highest BCUT2D eigenvalue weighted by molar-refractivity contribution is 5.76. The van der Waals surface area contributed by atoms with Crippen molar-refractivity contribution in [2.24, 2.45) is 5.73 Å². The van der Waals surface area contributed by atoms with Crippen molar-refractivity contribution in [2.75, 3.05) is 0 Å². The molecule has 0 aromatic heterocycles. The van der Waals surface area contributed by atoms with Crippen molar-refractivity contribution < 1.29 is 14.3 Å². The number of carbonyl (C=O) groups is 1. The number of hydrogen-bond acceptors (Lipinski definition) is 2. The number of primary amides is 1. The van der Waals surface area contributed by atoms with Crippen molar-refractivity contribution in [3.05, 3.63) is 35.1 Å². The van der Waals surface area contributed by atoms with E-state index in [0.29, 0.717) is 11.1 Å². The normalized spacial score (nSPS) is 9.20. The molecule has 15 heavy (non-hydrogen) atoms. The molecule has 3 nitrogen and oxygen atoms in total. The van der Waals surface area contributed by atoms with E-state index in [1.165, 1.54) is 18.2 Å². The maximum Gasteiger partial charge on any atom is 0.229 e. The molecule has 0 aliphatic heterocycles. The summed E-state index contributed by atoms with van der Waals surface area (Å²) in [6.45, 7) is -0.221. The zero-order chi connectivity index (χ0) is 11.3. The molecule has 0 heterocycles. The van der Waals surface area contributed by atoms with Gasteiger partial charge in [-0.05, 0) is 17.7 Å². The Labute approximate surface area is 86.7 Å². The molecule has 0 radical (unpaired) electrons. The summed E-state index contributed by atoms with van der Waals surface area (Å²) in [6, 6.07) is 3.90. The standard InChI is InChI=1S/C11H10FNO2/c12-10-5-4-9(7-14)8(6-10)2-1-3-11(13)15/h4-6,14H,3,7H2,(H2,13,15). The Balaban J connectivity index is 2.94. The Morgan fingerprint density at radius 2 is 2.27 bits per heavy atom. The minimum Gasteiger partial charge on any atom is -0.392 e. The van der Waals surface area contributed by atoms with Crippen LogP contribution in [0.25, 0.3) is 0 Å². The van der Waals surface area contributed by atoms with Crippen LogP contribution in [0.2, 0.25) is 0 Å². The van der Waals surface area contributed by atoms with Gasteiger partial charge in [0.1, 0.15) is 5.82 Å². The molecule has 0 unspecified atom stereocenters. The van der Waals surface area contributed by atoms with Crippen LogP contribution in [-0.4, -0.2) is 11.0 Å². The molecule has 0 fully saturated rings. The van der Waals surface area contributed by atoms with E-state index in [2.05, 4.69) is 11.8 Å². The van der Waals surface area contributed by atoms with E-state index in [4.69, 9.17) is 10.8 Å². The molecular weight excluding hydrogens is 197 g/mol. The number of aliphatic hydroxyl groups excluding tert-OH is 1. The molecule has 1 aromatic carbocycles. The second-order valence-electron chi connectivity index (χ2n) is 2.90. The first kappa shape index (κ1) is 11.2. The van der Waals surface area contributed by atoms with E-state index < -0.39 is 11.7 Å². The minimum atomic E-state index is -0.538. The summed E-state index contributed by atoms with van der Waals surface area (Å²) in [5.74, 6) is 4.11. The van der Waals surface area contributed by atoms with Gasteiger partial charge in [-0.2, -0.15) is 0 Å². The molecule has 1 rings (SSSR count). The van der Waals surface area contributed by atoms with Crippen LogP contribution >= 0.6 is 0 Å². The van der Waals surface area contributed by atoms with E-state index in [1.807, 2.05) is 0 Å². The molecule has 4 heteroatoms. The second-order valence-corrected chi connectivity index (χ2v) is 2.90. The number of benzene rings is 1. The number of amides is 1. The van der Waals surface area contributed by atoms with Gasteiger partial charge in [-0.15, -0.1) is 0 Å². The fraction of sp³-hybridized carbons (Fsp3) is 0.182. The molecule has 3 N–H and O–H groups in total. The molecule has 1 aromatic rings. The number of aliphatic hydroxyl groups is 1. The van der Waals surface area contributed by atoms with Crippen LogP contribution in [0, 0.1) is 17.7 Å². The van der Waals surface area contributed by atoms with Gasteiger partial charge in [-0.25, -0.2) is 4.39 Å². The molecule has 1 amide bonds. The predicted octanol–water partition coefficient (Wildman–Crippen LogP) is 0.545. The van der Waals surface area contributed by atoms with Crippen LogP contribution in [0.15, 0.2) is 18.2 Å². The molecule has 0 atom stereocenters. The van der Waals surface area contributed by atoms with Gasteiger partial charge in [0.2, 0.25) is 5.91 Å². The summed E-state index contributed by atoms with van der Waals surface area (Å²) in [7, 11) is 0. The lowest BCUT2D eigenvalue weighted by Gasteiger charge is -1.99. The van der Waals surface area contributed by atoms with Gasteiger partial charge in [0.15, 0.2) is 0 Å². The fourth-order valence-corrected chi connectivity index (χ4v) is 1.03. The van der Waals surface area contributed by atoms with Crippen molar-refractivity contribution in [3.8, 4) is 11.8 Å². The molecule has 0 bridgehead atoms. The first-order chi connectivity index (χ1) is 7.13. The first-order valence-corrected chi connectivity index (χ1v) is 4.30. The largest absolute Gasteiger partial charge is 0.392 e. The van der Waals surface area contributed by atoms with E-state index in [1.54, 1.807) is 0 Å². The quantitative estimate of drug-likeness (QED) is 0.695. The van der Waals surface area contributed by atoms with Gasteiger partial charge in [-0.3, -0.25) is 4.79 Å². The summed E-state index contributed by atoms with van der Waals surface area (Å²) in [6.07, 6.45) is -0.0820. The third-order valence-electron chi connectivity index (χ3n) is 1.73. The lowest BCUT2D eigenvalue weighted by atomic mass is 10.1. The molecule has 0 aliphatic carbocycles. The van der Waals surface area contributed by atoms with Crippen LogP contribution in [0.5, 0.6) is 0 Å². The maximum atomic E-state index is 12.8. The Morgan fingerprint density at radius 3 is 2.87 bits per heavy atom. The minimum absolute atomic E-state index is 0.0820. The highest BCUT2D eigenvalue weighted by Crippen LogP contribution is 2.09. The topological polar surface area (TPSA) is 63.3 Å². The summed E-state index contributed by atoms with van der Waals surface area (Å²) in [5, 5.41) is 8.94. The summed E-state index contributed by atoms with van der Waals surface area (Å²) >= 11 is 0. The summed E-state index contributed by atoms with van der Waals surface area (Å²) in [4.78, 5) is 10.4. The van der Waals surface area contributed by atoms with Crippen molar-refractivity contribution >= 4 is 5.91 Å². The second kappa shape index (κ2) is 5.13. The number of carbonyl (C=O) groups excluding carboxylic acids is 1. The van der Waals surface area contributed by atoms with Crippen molar-refractivity contribution in [1.29, 1.82) is 0 Å². The van der Waals surface area contributed by atoms with Crippen LogP contribution in [0.4, 0.5) is 4.39 Å². The van der Waals surface area contributed by atoms with Gasteiger partial charge in [0.25, 0.3) is 0 Å². The Hall–Kier alpha value is -1.86. The third kappa shape index (κ3) is 3.41. The maximum absolute atomic E-state index is 12.8. The number of rotatable bonds is 2. The first-order valence-electron chi connectivity index (χ1n) is 4.30. The fourth-order valence-electron chi connectivity index (χ4n) is 1.03. The highest BCUT2D eigenvalue weighted by Gasteiger charge is 2.00. The van der Waals surface area contributed by atoms with Crippen LogP contribution < -0.4 is 5.73 Å². The molecule has 0 saturated carbocycles. The average Bonchev–Trinajstić information content (AvgIpc) is 2.17. The number of halogens is 1. The van der Waals surface area contributed by atoms with E-state index >= 15 is 0 Å². The highest BCUT2D eigenvalue weighted by atomic mass is 19.1. The summed E-state index contributed by atoms with van der Waals surface area (Å²) in [5.41, 5.74) is 5.79. The Kier molecular flexibility index (Phi) is 3.83. The van der Waals surface area contributed by atoms with Crippen molar-refractivity contribution in [1.82, 2.24) is 0 Å². The lowest BCUT2D eigenvalue weighted by Crippen LogP contribution is -2.08. The SMILES string of the molecule is NC(=O)CC#Cc1cc(F)ccc1CO. The van der Waals surface area contributed by atoms with Crippen LogP contribution in [0.3, 0.4) is 0 Å². The zero-order valence-corrected chi connectivity index (χ0v) is 7.96. The van der Waals surface area contributed by atoms with Gasteiger partial charge >= 0.3 is 0 Å². The van der Waals surface area contributed by atoms with Crippen molar-refractivity contribution in [2.45, 2.75) is 13.0 Å². The monoisotopic (exact) mass is 207 g/mol. The third-order valence-corrected chi connectivity index (χ3v) is 1.73. The predicted molar refractivity (Wildman–Crippen MR) is 53.0 cm³/mol.